The van der Waals surface area contributed by atoms with Gasteiger partial charge in [-0.2, -0.15) is 0 Å². The number of unbranched alkanes of at least 4 members (excludes halogenated alkanes) is 1. The van der Waals surface area contributed by atoms with Gasteiger partial charge in [-0.1, -0.05) is 33.1 Å². The summed E-state index contributed by atoms with van der Waals surface area (Å²) in [6, 6.07) is 0. The van der Waals surface area contributed by atoms with Crippen molar-refractivity contribution in [2.75, 3.05) is 6.61 Å². The summed E-state index contributed by atoms with van der Waals surface area (Å²) in [5, 5.41) is 10.3. The van der Waals surface area contributed by atoms with E-state index in [4.69, 9.17) is 11.3 Å². The Morgan fingerprint density at radius 2 is 2.25 bits per heavy atom. The van der Waals surface area contributed by atoms with Crippen molar-refractivity contribution < 1.29 is 14.6 Å². The molecule has 0 aliphatic heterocycles. The SMILES string of the molecule is [C-]#[N+]/C(=C/[O-])C(=O)OCC(CC)CCCC. The lowest BCUT2D eigenvalue weighted by atomic mass is 10.0. The Labute approximate surface area is 96.7 Å². The van der Waals surface area contributed by atoms with E-state index in [0.717, 1.165) is 25.7 Å². The minimum Gasteiger partial charge on any atom is -0.886 e. The van der Waals surface area contributed by atoms with Crippen molar-refractivity contribution in [2.24, 2.45) is 5.92 Å². The number of ether oxygens (including phenoxy) is 1. The quantitative estimate of drug-likeness (QED) is 0.287. The summed E-state index contributed by atoms with van der Waals surface area (Å²) in [5.74, 6) is -0.484. The van der Waals surface area contributed by atoms with Gasteiger partial charge in [-0.15, -0.1) is 6.26 Å². The molecule has 90 valence electrons. The molecule has 0 spiro atoms. The van der Waals surface area contributed by atoms with Crippen molar-refractivity contribution in [1.82, 2.24) is 0 Å². The lowest BCUT2D eigenvalue weighted by Crippen LogP contribution is -2.15. The first-order chi connectivity index (χ1) is 7.69. The van der Waals surface area contributed by atoms with Gasteiger partial charge in [0.25, 0.3) is 5.70 Å². The lowest BCUT2D eigenvalue weighted by Gasteiger charge is -2.14. The van der Waals surface area contributed by atoms with Crippen molar-refractivity contribution in [3.8, 4) is 0 Å². The molecule has 0 amide bonds. The summed E-state index contributed by atoms with van der Waals surface area (Å²) in [6.07, 6.45) is 4.39. The van der Waals surface area contributed by atoms with Gasteiger partial charge in [0.05, 0.1) is 13.2 Å². The highest BCUT2D eigenvalue weighted by Gasteiger charge is 2.12. The van der Waals surface area contributed by atoms with E-state index in [2.05, 4.69) is 11.8 Å². The Balaban J connectivity index is 4.02. The second-order valence-electron chi connectivity index (χ2n) is 3.63. The van der Waals surface area contributed by atoms with Gasteiger partial charge in [-0.25, -0.2) is 4.85 Å². The van der Waals surface area contributed by atoms with E-state index >= 15 is 0 Å². The van der Waals surface area contributed by atoms with Gasteiger partial charge >= 0.3 is 5.97 Å². The Morgan fingerprint density at radius 1 is 1.56 bits per heavy atom. The highest BCUT2D eigenvalue weighted by molar-refractivity contribution is 5.89. The fourth-order valence-corrected chi connectivity index (χ4v) is 1.29. The molecule has 0 aromatic heterocycles. The molecular weight excluding hydrogens is 206 g/mol. The van der Waals surface area contributed by atoms with E-state index < -0.39 is 11.7 Å². The molecule has 0 radical (unpaired) electrons. The van der Waals surface area contributed by atoms with Crippen molar-refractivity contribution in [1.29, 1.82) is 0 Å². The number of carbonyl (C=O) groups is 1. The molecule has 0 aromatic rings. The minimum absolute atomic E-state index is 0.238. The molecule has 0 saturated heterocycles. The van der Waals surface area contributed by atoms with Crippen LogP contribution < -0.4 is 5.11 Å². The zero-order chi connectivity index (χ0) is 12.4. The second kappa shape index (κ2) is 8.78. The van der Waals surface area contributed by atoms with Crippen LogP contribution in [0.15, 0.2) is 12.0 Å². The van der Waals surface area contributed by atoms with Gasteiger partial charge < -0.3 is 9.84 Å². The molecule has 0 N–H and O–H groups in total. The van der Waals surface area contributed by atoms with E-state index in [1.54, 1.807) is 0 Å². The van der Waals surface area contributed by atoms with Crippen LogP contribution in [0.5, 0.6) is 0 Å². The molecule has 16 heavy (non-hydrogen) atoms. The van der Waals surface area contributed by atoms with E-state index in [1.165, 1.54) is 0 Å². The summed E-state index contributed by atoms with van der Waals surface area (Å²) < 4.78 is 4.92. The van der Waals surface area contributed by atoms with Crippen LogP contribution in [0.25, 0.3) is 4.85 Å². The third-order valence-electron chi connectivity index (χ3n) is 2.43. The summed E-state index contributed by atoms with van der Waals surface area (Å²) in [4.78, 5) is 14.0. The van der Waals surface area contributed by atoms with Crippen LogP contribution in [0, 0.1) is 12.5 Å². The van der Waals surface area contributed by atoms with Crippen molar-refractivity contribution in [2.45, 2.75) is 39.5 Å². The first-order valence-corrected chi connectivity index (χ1v) is 5.56. The molecule has 1 atom stereocenters. The van der Waals surface area contributed by atoms with Crippen LogP contribution in [0.3, 0.4) is 0 Å². The topological polar surface area (TPSA) is 53.7 Å². The predicted molar refractivity (Wildman–Crippen MR) is 59.0 cm³/mol. The van der Waals surface area contributed by atoms with Gasteiger partial charge in [-0.05, 0) is 12.3 Å². The fraction of sp³-hybridized carbons (Fsp3) is 0.667. The second-order valence-corrected chi connectivity index (χ2v) is 3.63. The summed E-state index contributed by atoms with van der Waals surface area (Å²) >= 11 is 0. The molecule has 4 nitrogen and oxygen atoms in total. The van der Waals surface area contributed by atoms with Crippen LogP contribution in [0.4, 0.5) is 0 Å². The molecule has 4 heteroatoms. The minimum atomic E-state index is -0.806. The summed E-state index contributed by atoms with van der Waals surface area (Å²) in [5.41, 5.74) is -0.481. The molecule has 0 aromatic carbocycles. The molecule has 0 heterocycles. The number of esters is 1. The van der Waals surface area contributed by atoms with Gasteiger partial charge in [0.1, 0.15) is 0 Å². The van der Waals surface area contributed by atoms with Crippen LogP contribution in [-0.2, 0) is 9.53 Å². The van der Waals surface area contributed by atoms with Crippen LogP contribution in [0.2, 0.25) is 0 Å². The van der Waals surface area contributed by atoms with Gasteiger partial charge in [-0.3, -0.25) is 4.79 Å². The molecule has 0 aliphatic carbocycles. The predicted octanol–water partition coefficient (Wildman–Crippen LogP) is 1.87. The Kier molecular flexibility index (Phi) is 7.96. The van der Waals surface area contributed by atoms with Crippen molar-refractivity contribution >= 4 is 5.97 Å². The Morgan fingerprint density at radius 3 is 2.69 bits per heavy atom. The smallest absolute Gasteiger partial charge is 0.334 e. The van der Waals surface area contributed by atoms with Crippen LogP contribution in [0.1, 0.15) is 39.5 Å². The number of hydrogen-bond acceptors (Lipinski definition) is 3. The standard InChI is InChI=1S/C12H19NO3/c1-4-6-7-10(5-2)9-16-12(15)11(8-14)13-3/h8,10,14H,4-7,9H2,1-2H3/p-1/b11-8+. The number of carbonyl (C=O) groups excluding carboxylic acids is 1. The highest BCUT2D eigenvalue weighted by atomic mass is 16.5. The maximum atomic E-state index is 11.2. The van der Waals surface area contributed by atoms with Gasteiger partial charge in [0.2, 0.25) is 0 Å². The third kappa shape index (κ3) is 5.40. The zero-order valence-corrected chi connectivity index (χ0v) is 9.86. The normalized spacial score (nSPS) is 12.9. The third-order valence-corrected chi connectivity index (χ3v) is 2.43. The monoisotopic (exact) mass is 224 g/mol. The molecule has 0 saturated carbocycles. The van der Waals surface area contributed by atoms with Crippen molar-refractivity contribution in [3.05, 3.63) is 23.4 Å². The largest absolute Gasteiger partial charge is 0.886 e. The van der Waals surface area contributed by atoms with Crippen LogP contribution in [-0.4, -0.2) is 12.6 Å². The number of hydrogen-bond donors (Lipinski definition) is 0. The van der Waals surface area contributed by atoms with Gasteiger partial charge in [0, 0.05) is 0 Å². The van der Waals surface area contributed by atoms with E-state index in [0.29, 0.717) is 12.5 Å². The Hall–Kier alpha value is -1.50. The fourth-order valence-electron chi connectivity index (χ4n) is 1.29. The first kappa shape index (κ1) is 14.5. The maximum absolute atomic E-state index is 11.2. The summed E-state index contributed by atoms with van der Waals surface area (Å²) in [7, 11) is 0. The Bertz CT molecular complexity index is 278. The first-order valence-electron chi connectivity index (χ1n) is 5.56. The van der Waals surface area contributed by atoms with E-state index in [9.17, 15) is 9.90 Å². The van der Waals surface area contributed by atoms with E-state index in [-0.39, 0.29) is 6.26 Å². The van der Waals surface area contributed by atoms with Crippen molar-refractivity contribution in [3.63, 3.8) is 0 Å². The molecule has 1 unspecified atom stereocenters. The number of rotatable bonds is 7. The summed E-state index contributed by atoms with van der Waals surface area (Å²) in [6.45, 7) is 11.0. The van der Waals surface area contributed by atoms with Crippen LogP contribution >= 0.6 is 0 Å². The molecule has 0 aliphatic rings. The lowest BCUT2D eigenvalue weighted by molar-refractivity contribution is -0.276. The molecular formula is C12H18NO3-. The average Bonchev–Trinajstić information content (AvgIpc) is 2.31. The molecule has 0 bridgehead atoms. The number of nitrogens with zero attached hydrogens (tertiary/aromatic N) is 1. The average molecular weight is 224 g/mol. The van der Waals surface area contributed by atoms with Gasteiger partial charge in [0.15, 0.2) is 0 Å². The molecule has 0 fully saturated rings. The molecule has 0 rings (SSSR count). The zero-order valence-electron chi connectivity index (χ0n) is 9.86. The van der Waals surface area contributed by atoms with E-state index in [1.807, 2.05) is 6.92 Å². The maximum Gasteiger partial charge on any atom is 0.334 e. The highest BCUT2D eigenvalue weighted by Crippen LogP contribution is 2.13.